The molecule has 0 amide bonds. The van der Waals surface area contributed by atoms with Crippen LogP contribution >= 0.6 is 24.0 Å². The van der Waals surface area contributed by atoms with Crippen molar-refractivity contribution < 1.29 is 14.0 Å². The molecule has 0 aliphatic rings. The van der Waals surface area contributed by atoms with Crippen LogP contribution in [0.5, 0.6) is 0 Å². The van der Waals surface area contributed by atoms with Crippen molar-refractivity contribution in [3.63, 3.8) is 0 Å². The van der Waals surface area contributed by atoms with Crippen LogP contribution in [0.1, 0.15) is 12.5 Å². The predicted octanol–water partition coefficient (Wildman–Crippen LogP) is 3.37. The molecule has 0 aromatic heterocycles. The van der Waals surface area contributed by atoms with Gasteiger partial charge in [-0.3, -0.25) is 14.7 Å². The third-order valence-corrected chi connectivity index (χ3v) is 4.84. The van der Waals surface area contributed by atoms with Crippen LogP contribution in [0.25, 0.3) is 0 Å². The molecule has 0 fully saturated rings. The third kappa shape index (κ3) is 4.58. The van der Waals surface area contributed by atoms with E-state index < -0.39 is 13.0 Å². The summed E-state index contributed by atoms with van der Waals surface area (Å²) in [7, 11) is -2.11. The van der Waals surface area contributed by atoms with E-state index in [1.54, 1.807) is 19.1 Å². The Labute approximate surface area is 108 Å². The fraction of sp³-hybridized carbons (Fsp3) is 0.400. The van der Waals surface area contributed by atoms with Crippen LogP contribution in [0, 0.1) is 10.1 Å². The van der Waals surface area contributed by atoms with E-state index in [1.807, 2.05) is 0 Å². The predicted molar refractivity (Wildman–Crippen MR) is 70.1 cm³/mol. The van der Waals surface area contributed by atoms with Crippen molar-refractivity contribution in [2.24, 2.45) is 0 Å². The summed E-state index contributed by atoms with van der Waals surface area (Å²) in [5.74, 6) is 0. The van der Waals surface area contributed by atoms with Crippen LogP contribution in [-0.2, 0) is 15.5 Å². The number of alkyl halides is 1. The number of nitrogens with zero attached hydrogens (tertiary/aromatic N) is 1. The van der Waals surface area contributed by atoms with Crippen LogP contribution in [0.4, 0.5) is 5.69 Å². The summed E-state index contributed by atoms with van der Waals surface area (Å²) >= 11 is 3.30. The van der Waals surface area contributed by atoms with Crippen molar-refractivity contribution in [2.45, 2.75) is 17.9 Å². The summed E-state index contributed by atoms with van der Waals surface area (Å²) in [5.41, 5.74) is 0.938. The Morgan fingerprint density at radius 1 is 1.47 bits per heavy atom. The second kappa shape index (κ2) is 6.89. The minimum absolute atomic E-state index is 0.0531. The van der Waals surface area contributed by atoms with E-state index >= 15 is 0 Å². The van der Waals surface area contributed by atoms with Crippen molar-refractivity contribution in [3.8, 4) is 0 Å². The fourth-order valence-corrected chi connectivity index (χ4v) is 2.91. The van der Waals surface area contributed by atoms with Crippen LogP contribution in [0.3, 0.4) is 0 Å². The number of hydrogen-bond acceptors (Lipinski definition) is 4. The highest BCUT2D eigenvalue weighted by Crippen LogP contribution is 2.36. The molecule has 0 N–H and O–H groups in total. The van der Waals surface area contributed by atoms with Crippen LogP contribution < -0.4 is 0 Å². The smallest absolute Gasteiger partial charge is 0.269 e. The van der Waals surface area contributed by atoms with E-state index in [9.17, 15) is 14.7 Å². The maximum absolute atomic E-state index is 11.5. The summed E-state index contributed by atoms with van der Waals surface area (Å²) < 4.78 is 16.3. The molecule has 7 heteroatoms. The van der Waals surface area contributed by atoms with E-state index in [4.69, 9.17) is 4.52 Å². The summed E-state index contributed by atoms with van der Waals surface area (Å²) in [6.45, 7) is 2.20. The molecule has 5 nitrogen and oxygen atoms in total. The highest BCUT2D eigenvalue weighted by molar-refractivity contribution is 9.10. The second-order valence-electron chi connectivity index (χ2n) is 3.35. The Hall–Kier alpha value is -0.710. The number of benzene rings is 1. The number of nitro groups is 1. The highest BCUT2D eigenvalue weighted by atomic mass is 79.9. The van der Waals surface area contributed by atoms with Gasteiger partial charge in [0.1, 0.15) is 0 Å². The molecule has 1 rings (SSSR count). The van der Waals surface area contributed by atoms with Gasteiger partial charge in [-0.25, -0.2) is 0 Å². The molecule has 17 heavy (non-hydrogen) atoms. The molecule has 1 aromatic carbocycles. The largest absolute Gasteiger partial charge is 0.330 e. The standard InChI is InChI=1S/C10H13BrNO4P/c1-2-16-17(15)10(11)7-8-3-5-9(6-4-8)12(13)14/h3-6,10,17H,2,7H2,1H3. The number of non-ortho nitro benzene ring substituents is 1. The highest BCUT2D eigenvalue weighted by Gasteiger charge is 2.14. The number of rotatable bonds is 6. The number of nitro benzene ring substituents is 1. The monoisotopic (exact) mass is 321 g/mol. The minimum Gasteiger partial charge on any atom is -0.330 e. The zero-order valence-electron chi connectivity index (χ0n) is 9.26. The van der Waals surface area contributed by atoms with Gasteiger partial charge in [0.25, 0.3) is 5.69 Å². The molecule has 0 aliphatic heterocycles. The second-order valence-corrected chi connectivity index (χ2v) is 6.92. The lowest BCUT2D eigenvalue weighted by molar-refractivity contribution is -0.384. The quantitative estimate of drug-likeness (QED) is 0.348. The van der Waals surface area contributed by atoms with E-state index in [2.05, 4.69) is 15.9 Å². The Balaban J connectivity index is 2.63. The first kappa shape index (κ1) is 14.4. The SMILES string of the molecule is CCO[PH](=O)C(Br)Cc1ccc([N+](=O)[O-])cc1. The average molecular weight is 322 g/mol. The molecule has 0 spiro atoms. The summed E-state index contributed by atoms with van der Waals surface area (Å²) in [5, 5.41) is 10.5. The molecule has 94 valence electrons. The van der Waals surface area contributed by atoms with E-state index in [0.29, 0.717) is 13.0 Å². The number of halogens is 1. The van der Waals surface area contributed by atoms with Gasteiger partial charge < -0.3 is 4.52 Å². The molecule has 2 atom stereocenters. The van der Waals surface area contributed by atoms with Crippen molar-refractivity contribution in [1.82, 2.24) is 0 Å². The fourth-order valence-electron chi connectivity index (χ4n) is 1.28. The molecule has 2 unspecified atom stereocenters. The van der Waals surface area contributed by atoms with Gasteiger partial charge in [-0.2, -0.15) is 0 Å². The first-order chi connectivity index (χ1) is 8.04. The lowest BCUT2D eigenvalue weighted by Gasteiger charge is -2.09. The summed E-state index contributed by atoms with van der Waals surface area (Å²) in [4.78, 5) is 10.0. The molecule has 0 bridgehead atoms. The van der Waals surface area contributed by atoms with Crippen molar-refractivity contribution in [1.29, 1.82) is 0 Å². The van der Waals surface area contributed by atoms with Gasteiger partial charge >= 0.3 is 0 Å². The van der Waals surface area contributed by atoms with Gasteiger partial charge in [0.15, 0.2) is 0 Å². The van der Waals surface area contributed by atoms with Gasteiger partial charge in [0.2, 0.25) is 8.03 Å². The Bertz CT molecular complexity index is 409. The molecule has 0 saturated carbocycles. The third-order valence-electron chi connectivity index (χ3n) is 2.10. The van der Waals surface area contributed by atoms with Crippen LogP contribution in [-0.4, -0.2) is 16.1 Å². The summed E-state index contributed by atoms with van der Waals surface area (Å²) in [6, 6.07) is 6.20. The van der Waals surface area contributed by atoms with Crippen LogP contribution in [0.15, 0.2) is 24.3 Å². The van der Waals surface area contributed by atoms with Crippen molar-refractivity contribution >= 4 is 29.6 Å². The first-order valence-electron chi connectivity index (χ1n) is 5.08. The molecule has 0 radical (unpaired) electrons. The van der Waals surface area contributed by atoms with Crippen molar-refractivity contribution in [3.05, 3.63) is 39.9 Å². The molecular formula is C10H13BrNO4P. The van der Waals surface area contributed by atoms with E-state index in [1.165, 1.54) is 12.1 Å². The lowest BCUT2D eigenvalue weighted by Crippen LogP contribution is -1.99. The van der Waals surface area contributed by atoms with Gasteiger partial charge in [-0.05, 0) is 18.9 Å². The summed E-state index contributed by atoms with van der Waals surface area (Å²) in [6.07, 6.45) is 0.524. The van der Waals surface area contributed by atoms with Crippen LogP contribution in [0.2, 0.25) is 0 Å². The Kier molecular flexibility index (Phi) is 5.82. The maximum Gasteiger partial charge on any atom is 0.269 e. The Morgan fingerprint density at radius 2 is 2.06 bits per heavy atom. The lowest BCUT2D eigenvalue weighted by atomic mass is 10.1. The zero-order valence-corrected chi connectivity index (χ0v) is 11.8. The van der Waals surface area contributed by atoms with Gasteiger partial charge in [-0.1, -0.05) is 28.1 Å². The van der Waals surface area contributed by atoms with Crippen molar-refractivity contribution in [2.75, 3.05) is 6.61 Å². The van der Waals surface area contributed by atoms with Gasteiger partial charge in [0, 0.05) is 12.1 Å². The zero-order chi connectivity index (χ0) is 12.8. The molecular weight excluding hydrogens is 309 g/mol. The first-order valence-corrected chi connectivity index (χ1v) is 7.39. The normalized spacial score (nSPS) is 14.2. The molecule has 1 aromatic rings. The topological polar surface area (TPSA) is 69.4 Å². The van der Waals surface area contributed by atoms with E-state index in [0.717, 1.165) is 5.56 Å². The van der Waals surface area contributed by atoms with Gasteiger partial charge in [0.05, 0.1) is 16.1 Å². The number of hydrogen-bond donors (Lipinski definition) is 0. The maximum atomic E-state index is 11.5. The van der Waals surface area contributed by atoms with E-state index in [-0.39, 0.29) is 10.3 Å². The molecule has 0 aliphatic carbocycles. The molecule has 0 saturated heterocycles. The van der Waals surface area contributed by atoms with Gasteiger partial charge in [-0.15, -0.1) is 0 Å². The minimum atomic E-state index is -2.11. The molecule has 0 heterocycles. The Morgan fingerprint density at radius 3 is 2.53 bits per heavy atom. The average Bonchev–Trinajstić information content (AvgIpc) is 2.30.